The Morgan fingerprint density at radius 3 is 2.73 bits per heavy atom. The molecule has 2 heterocycles. The quantitative estimate of drug-likeness (QED) is 0.492. The molecule has 6 nitrogen and oxygen atoms in total. The summed E-state index contributed by atoms with van der Waals surface area (Å²) in [6.45, 7) is 13.6. The van der Waals surface area contributed by atoms with Gasteiger partial charge in [0.15, 0.2) is 5.96 Å². The van der Waals surface area contributed by atoms with Gasteiger partial charge in [-0.1, -0.05) is 37.3 Å². The van der Waals surface area contributed by atoms with Crippen molar-refractivity contribution >= 4 is 5.96 Å². The van der Waals surface area contributed by atoms with E-state index in [1.165, 1.54) is 5.56 Å². The van der Waals surface area contributed by atoms with Gasteiger partial charge in [0.2, 0.25) is 0 Å². The Balaban J connectivity index is 1.55. The van der Waals surface area contributed by atoms with E-state index in [9.17, 15) is 0 Å². The number of nitrogens with zero attached hydrogens (tertiary/aromatic N) is 4. The van der Waals surface area contributed by atoms with Gasteiger partial charge in [0.1, 0.15) is 12.4 Å². The molecule has 0 amide bonds. The lowest BCUT2D eigenvalue weighted by atomic mass is 10.1. The normalized spacial score (nSPS) is 20.1. The number of guanidine groups is 1. The van der Waals surface area contributed by atoms with E-state index in [0.717, 1.165) is 50.8 Å². The maximum Gasteiger partial charge on any atom is 0.191 e. The van der Waals surface area contributed by atoms with Gasteiger partial charge in [-0.05, 0) is 45.1 Å². The number of imidazole rings is 1. The highest BCUT2D eigenvalue weighted by Gasteiger charge is 2.31. The van der Waals surface area contributed by atoms with Crippen molar-refractivity contribution in [2.75, 3.05) is 19.6 Å². The van der Waals surface area contributed by atoms with E-state index in [2.05, 4.69) is 89.3 Å². The highest BCUT2D eigenvalue weighted by Crippen LogP contribution is 2.18. The van der Waals surface area contributed by atoms with Crippen molar-refractivity contribution in [1.29, 1.82) is 0 Å². The fraction of sp³-hybridized carbons (Fsp3) is 0.583. The molecule has 0 bridgehead atoms. The smallest absolute Gasteiger partial charge is 0.191 e. The predicted octanol–water partition coefficient (Wildman–Crippen LogP) is 3.30. The second-order valence-electron chi connectivity index (χ2n) is 8.60. The molecule has 0 saturated carbocycles. The summed E-state index contributed by atoms with van der Waals surface area (Å²) < 4.78 is 2.23. The van der Waals surface area contributed by atoms with Gasteiger partial charge < -0.3 is 15.2 Å². The van der Waals surface area contributed by atoms with Crippen LogP contribution in [0.3, 0.4) is 0 Å². The molecule has 2 unspecified atom stereocenters. The standard InChI is InChI=1S/C24H38N6/c1-5-25-24(28-22-18-30(19(2)3)17-20(22)4)27-16-23-26-13-15-29(23)14-9-12-21-10-7-6-8-11-21/h6-8,10-11,13,15,19-20,22H,5,9,12,14,16-18H2,1-4H3,(H2,25,27,28). The second kappa shape index (κ2) is 11.2. The molecule has 2 N–H and O–H groups in total. The lowest BCUT2D eigenvalue weighted by Gasteiger charge is -2.22. The van der Waals surface area contributed by atoms with Crippen molar-refractivity contribution in [2.24, 2.45) is 10.9 Å². The number of hydrogen-bond acceptors (Lipinski definition) is 3. The Morgan fingerprint density at radius 2 is 2.03 bits per heavy atom. The zero-order valence-corrected chi connectivity index (χ0v) is 19.0. The number of nitrogens with one attached hydrogen (secondary N) is 2. The van der Waals surface area contributed by atoms with Gasteiger partial charge in [0.05, 0.1) is 0 Å². The molecule has 0 aliphatic carbocycles. The SMILES string of the molecule is CCNC(=NCc1nccn1CCCc1ccccc1)NC1CN(C(C)C)CC1C. The minimum Gasteiger partial charge on any atom is -0.357 e. The van der Waals surface area contributed by atoms with Gasteiger partial charge in [-0.3, -0.25) is 4.90 Å². The van der Waals surface area contributed by atoms with Gasteiger partial charge >= 0.3 is 0 Å². The Kier molecular flexibility index (Phi) is 8.31. The summed E-state index contributed by atoms with van der Waals surface area (Å²) in [6, 6.07) is 11.7. The number of likely N-dealkylation sites (tertiary alicyclic amines) is 1. The first-order valence-corrected chi connectivity index (χ1v) is 11.4. The third-order valence-corrected chi connectivity index (χ3v) is 5.92. The Hall–Kier alpha value is -2.34. The molecule has 1 aromatic heterocycles. The van der Waals surface area contributed by atoms with Crippen molar-refractivity contribution in [3.8, 4) is 0 Å². The van der Waals surface area contributed by atoms with Crippen LogP contribution < -0.4 is 10.6 Å². The van der Waals surface area contributed by atoms with E-state index in [-0.39, 0.29) is 0 Å². The van der Waals surface area contributed by atoms with E-state index in [1.807, 2.05) is 6.20 Å². The van der Waals surface area contributed by atoms with Gasteiger partial charge in [-0.2, -0.15) is 0 Å². The number of benzene rings is 1. The summed E-state index contributed by atoms with van der Waals surface area (Å²) >= 11 is 0. The maximum atomic E-state index is 4.84. The summed E-state index contributed by atoms with van der Waals surface area (Å²) in [6.07, 6.45) is 6.13. The Morgan fingerprint density at radius 1 is 1.23 bits per heavy atom. The summed E-state index contributed by atoms with van der Waals surface area (Å²) in [5.41, 5.74) is 1.39. The summed E-state index contributed by atoms with van der Waals surface area (Å²) in [7, 11) is 0. The second-order valence-corrected chi connectivity index (χ2v) is 8.60. The maximum absolute atomic E-state index is 4.84. The number of aromatic nitrogens is 2. The van der Waals surface area contributed by atoms with Crippen LogP contribution in [-0.4, -0.2) is 52.1 Å². The van der Waals surface area contributed by atoms with Crippen molar-refractivity contribution in [1.82, 2.24) is 25.1 Å². The number of aryl methyl sites for hydroxylation is 2. The zero-order valence-electron chi connectivity index (χ0n) is 19.0. The number of aliphatic imine (C=N–C) groups is 1. The molecule has 1 fully saturated rings. The Labute approximate surface area is 181 Å². The average molecular weight is 411 g/mol. The van der Waals surface area contributed by atoms with Crippen LogP contribution in [-0.2, 0) is 19.5 Å². The van der Waals surface area contributed by atoms with E-state index >= 15 is 0 Å². The fourth-order valence-corrected chi connectivity index (χ4v) is 4.05. The van der Waals surface area contributed by atoms with Gasteiger partial charge in [0.25, 0.3) is 0 Å². The van der Waals surface area contributed by atoms with E-state index < -0.39 is 0 Å². The Bertz CT molecular complexity index is 782. The zero-order chi connectivity index (χ0) is 21.3. The van der Waals surface area contributed by atoms with E-state index in [1.54, 1.807) is 0 Å². The highest BCUT2D eigenvalue weighted by atomic mass is 15.3. The molecule has 0 radical (unpaired) electrons. The van der Waals surface area contributed by atoms with Crippen LogP contribution in [0.4, 0.5) is 0 Å². The highest BCUT2D eigenvalue weighted by molar-refractivity contribution is 5.80. The first-order valence-electron chi connectivity index (χ1n) is 11.4. The summed E-state index contributed by atoms with van der Waals surface area (Å²) in [5.74, 6) is 2.51. The number of rotatable bonds is 9. The van der Waals surface area contributed by atoms with Crippen molar-refractivity contribution < 1.29 is 0 Å². The molecule has 3 rings (SSSR count). The molecular formula is C24H38N6. The van der Waals surface area contributed by atoms with Crippen LogP contribution in [0.25, 0.3) is 0 Å². The molecule has 1 saturated heterocycles. The molecule has 1 aromatic carbocycles. The lowest BCUT2D eigenvalue weighted by molar-refractivity contribution is 0.265. The monoisotopic (exact) mass is 410 g/mol. The first-order chi connectivity index (χ1) is 14.6. The van der Waals surface area contributed by atoms with Gasteiger partial charge in [-0.25, -0.2) is 9.98 Å². The van der Waals surface area contributed by atoms with E-state index in [4.69, 9.17) is 4.99 Å². The molecule has 1 aliphatic rings. The third-order valence-electron chi connectivity index (χ3n) is 5.92. The summed E-state index contributed by atoms with van der Waals surface area (Å²) in [4.78, 5) is 11.9. The first kappa shape index (κ1) is 22.3. The molecule has 0 spiro atoms. The topological polar surface area (TPSA) is 57.5 Å². The summed E-state index contributed by atoms with van der Waals surface area (Å²) in [5, 5.41) is 7.06. The molecule has 164 valence electrons. The molecule has 2 aromatic rings. The minimum atomic E-state index is 0.427. The van der Waals surface area contributed by atoms with Crippen LogP contribution in [0.15, 0.2) is 47.7 Å². The van der Waals surface area contributed by atoms with Gasteiger partial charge in [-0.15, -0.1) is 0 Å². The van der Waals surface area contributed by atoms with E-state index in [0.29, 0.717) is 24.5 Å². The van der Waals surface area contributed by atoms with Crippen LogP contribution in [0.1, 0.15) is 45.5 Å². The molecular weight excluding hydrogens is 372 g/mol. The average Bonchev–Trinajstić information content (AvgIpc) is 3.34. The molecule has 2 atom stereocenters. The fourth-order valence-electron chi connectivity index (χ4n) is 4.05. The lowest BCUT2D eigenvalue weighted by Crippen LogP contribution is -2.46. The molecule has 30 heavy (non-hydrogen) atoms. The van der Waals surface area contributed by atoms with Crippen molar-refractivity contribution in [2.45, 2.75) is 65.7 Å². The number of hydrogen-bond donors (Lipinski definition) is 2. The van der Waals surface area contributed by atoms with Crippen molar-refractivity contribution in [3.05, 3.63) is 54.1 Å². The third kappa shape index (κ3) is 6.33. The minimum absolute atomic E-state index is 0.427. The van der Waals surface area contributed by atoms with Crippen LogP contribution in [0, 0.1) is 5.92 Å². The van der Waals surface area contributed by atoms with Gasteiger partial charge in [0, 0.05) is 50.7 Å². The van der Waals surface area contributed by atoms with Crippen LogP contribution >= 0.6 is 0 Å². The van der Waals surface area contributed by atoms with Crippen molar-refractivity contribution in [3.63, 3.8) is 0 Å². The largest absolute Gasteiger partial charge is 0.357 e. The predicted molar refractivity (Wildman–Crippen MR) is 125 cm³/mol. The van der Waals surface area contributed by atoms with Crippen LogP contribution in [0.5, 0.6) is 0 Å². The molecule has 6 heteroatoms. The molecule has 1 aliphatic heterocycles. The van der Waals surface area contributed by atoms with Crippen LogP contribution in [0.2, 0.25) is 0 Å².